The van der Waals surface area contributed by atoms with Crippen LogP contribution in [0.4, 0.5) is 15.9 Å². The van der Waals surface area contributed by atoms with Gasteiger partial charge >= 0.3 is 6.01 Å². The van der Waals surface area contributed by atoms with Crippen LogP contribution in [0.1, 0.15) is 48.9 Å². The highest BCUT2D eigenvalue weighted by molar-refractivity contribution is 5.97. The van der Waals surface area contributed by atoms with Gasteiger partial charge in [-0.2, -0.15) is 15.2 Å². The molecule has 3 aliphatic heterocycles. The molecule has 3 aromatic rings. The van der Waals surface area contributed by atoms with Gasteiger partial charge in [-0.25, -0.2) is 4.39 Å². The lowest BCUT2D eigenvalue weighted by atomic mass is 9.99. The van der Waals surface area contributed by atoms with Crippen molar-refractivity contribution in [3.63, 3.8) is 0 Å². The van der Waals surface area contributed by atoms with Crippen LogP contribution < -0.4 is 14.5 Å². The normalized spacial score (nSPS) is 20.5. The minimum atomic E-state index is -0.260. The third-order valence-corrected chi connectivity index (χ3v) is 10.9. The van der Waals surface area contributed by atoms with Gasteiger partial charge in [-0.15, -0.1) is 0 Å². The van der Waals surface area contributed by atoms with Gasteiger partial charge in [0, 0.05) is 67.4 Å². The molecule has 2 aromatic carbocycles. The minimum absolute atomic E-state index is 0.0642. The quantitative estimate of drug-likeness (QED) is 0.261. The number of anilines is 2. The molecule has 0 bridgehead atoms. The molecule has 4 heterocycles. The molecule has 1 aliphatic carbocycles. The zero-order valence-electron chi connectivity index (χ0n) is 29.7. The van der Waals surface area contributed by atoms with E-state index in [0.29, 0.717) is 57.3 Å². The summed E-state index contributed by atoms with van der Waals surface area (Å²) in [5.74, 6) is 0.571. The fourth-order valence-electron chi connectivity index (χ4n) is 7.93. The van der Waals surface area contributed by atoms with Crippen molar-refractivity contribution in [2.24, 2.45) is 5.41 Å². The van der Waals surface area contributed by atoms with Crippen molar-refractivity contribution < 1.29 is 13.9 Å². The number of ether oxygens (including phenoxy) is 1. The summed E-state index contributed by atoms with van der Waals surface area (Å²) >= 11 is 0. The molecule has 1 amide bonds. The molecular weight excluding hydrogens is 631 g/mol. The van der Waals surface area contributed by atoms with Gasteiger partial charge in [0.25, 0.3) is 0 Å². The number of benzene rings is 2. The third kappa shape index (κ3) is 7.28. The first-order valence-electron chi connectivity index (χ1n) is 18.1. The fraction of sp³-hybridized carbons (Fsp3) is 0.538. The lowest BCUT2D eigenvalue weighted by Crippen LogP contribution is -2.55. The van der Waals surface area contributed by atoms with Crippen molar-refractivity contribution in [2.75, 3.05) is 82.9 Å². The molecule has 4 aliphatic rings. The second kappa shape index (κ2) is 14.5. The van der Waals surface area contributed by atoms with Crippen LogP contribution in [0.5, 0.6) is 6.01 Å². The Labute approximate surface area is 295 Å². The van der Waals surface area contributed by atoms with Crippen LogP contribution in [0.2, 0.25) is 0 Å². The number of aryl methyl sites for hydroxylation is 1. The van der Waals surface area contributed by atoms with Crippen molar-refractivity contribution in [2.45, 2.75) is 58.0 Å². The molecule has 2 saturated heterocycles. The van der Waals surface area contributed by atoms with Gasteiger partial charge < -0.3 is 29.2 Å². The Balaban J connectivity index is 1.18. The maximum absolute atomic E-state index is 14.8. The van der Waals surface area contributed by atoms with E-state index in [9.17, 15) is 14.4 Å². The molecular formula is C39H49FN8O2. The lowest BCUT2D eigenvalue weighted by Gasteiger charge is -2.42. The standard InChI is InChI=1S/C39H49FN8O2/c1-28-32(40)12-11-29-8-6-9-34(36(28)29)46-21-14-31-33(25-46)42-38(50-27-39(15-16-39)26-45-19-4-5-20-45)43-37(31)47-22-23-48(30(24-47)13-17-41)35(49)10-7-18-44(2)3/h6-12,30H,4-5,13-16,18-27H2,1-3H3/b10-7+/t30-/m0/s1. The molecule has 1 saturated carbocycles. The van der Waals surface area contributed by atoms with Gasteiger partial charge in [0.15, 0.2) is 0 Å². The third-order valence-electron chi connectivity index (χ3n) is 10.9. The Morgan fingerprint density at radius 1 is 1.10 bits per heavy atom. The number of rotatable bonds is 11. The van der Waals surface area contributed by atoms with E-state index in [-0.39, 0.29) is 29.6 Å². The second-order valence-corrected chi connectivity index (χ2v) is 14.9. The van der Waals surface area contributed by atoms with Crippen molar-refractivity contribution >= 4 is 28.2 Å². The number of nitriles is 1. The molecule has 0 spiro atoms. The predicted molar refractivity (Wildman–Crippen MR) is 194 cm³/mol. The molecule has 264 valence electrons. The second-order valence-electron chi connectivity index (χ2n) is 14.9. The number of fused-ring (bicyclic) bond motifs is 2. The molecule has 7 rings (SSSR count). The van der Waals surface area contributed by atoms with E-state index in [1.54, 1.807) is 12.1 Å². The summed E-state index contributed by atoms with van der Waals surface area (Å²) in [4.78, 5) is 34.3. The Morgan fingerprint density at radius 2 is 1.92 bits per heavy atom. The van der Waals surface area contributed by atoms with E-state index in [4.69, 9.17) is 14.7 Å². The number of carbonyl (C=O) groups excluding carboxylic acids is 1. The van der Waals surface area contributed by atoms with Crippen molar-refractivity contribution in [1.29, 1.82) is 5.26 Å². The highest BCUT2D eigenvalue weighted by Gasteiger charge is 2.45. The van der Waals surface area contributed by atoms with E-state index in [1.165, 1.54) is 25.9 Å². The molecule has 3 fully saturated rings. The highest BCUT2D eigenvalue weighted by atomic mass is 19.1. The van der Waals surface area contributed by atoms with Crippen LogP contribution in [0.3, 0.4) is 0 Å². The Kier molecular flexibility index (Phi) is 9.94. The topological polar surface area (TPSA) is 92.1 Å². The van der Waals surface area contributed by atoms with Gasteiger partial charge in [0.05, 0.1) is 37.4 Å². The van der Waals surface area contributed by atoms with E-state index < -0.39 is 0 Å². The first-order valence-corrected chi connectivity index (χ1v) is 18.1. The number of nitrogens with zero attached hydrogens (tertiary/aromatic N) is 8. The molecule has 50 heavy (non-hydrogen) atoms. The predicted octanol–water partition coefficient (Wildman–Crippen LogP) is 4.94. The number of amides is 1. The van der Waals surface area contributed by atoms with Gasteiger partial charge in [-0.1, -0.05) is 24.3 Å². The van der Waals surface area contributed by atoms with E-state index in [2.05, 4.69) is 26.8 Å². The minimum Gasteiger partial charge on any atom is -0.463 e. The summed E-state index contributed by atoms with van der Waals surface area (Å²) in [5.41, 5.74) is 3.80. The molecule has 0 N–H and O–H groups in total. The number of likely N-dealkylation sites (N-methyl/N-ethyl adjacent to an activating group) is 1. The number of hydrogen-bond donors (Lipinski definition) is 0. The number of likely N-dealkylation sites (tertiary alicyclic amines) is 1. The highest BCUT2D eigenvalue weighted by Crippen LogP contribution is 2.47. The average Bonchev–Trinajstić information content (AvgIpc) is 3.69. The van der Waals surface area contributed by atoms with Crippen molar-refractivity contribution in [1.82, 2.24) is 24.7 Å². The molecule has 0 unspecified atom stereocenters. The average molecular weight is 681 g/mol. The Morgan fingerprint density at radius 3 is 2.68 bits per heavy atom. The summed E-state index contributed by atoms with van der Waals surface area (Å²) in [6.07, 6.45) is 9.30. The van der Waals surface area contributed by atoms with E-state index in [0.717, 1.165) is 59.5 Å². The van der Waals surface area contributed by atoms with Crippen LogP contribution in [0, 0.1) is 29.5 Å². The molecule has 1 aromatic heterocycles. The number of aromatic nitrogens is 2. The first kappa shape index (κ1) is 34.2. The number of carbonyl (C=O) groups is 1. The van der Waals surface area contributed by atoms with Crippen molar-refractivity contribution in [3.8, 4) is 12.1 Å². The summed E-state index contributed by atoms with van der Waals surface area (Å²) in [5, 5.41) is 11.7. The number of hydrogen-bond acceptors (Lipinski definition) is 9. The lowest BCUT2D eigenvalue weighted by molar-refractivity contribution is -0.128. The van der Waals surface area contributed by atoms with E-state index in [1.807, 2.05) is 55.1 Å². The summed E-state index contributed by atoms with van der Waals surface area (Å²) in [7, 11) is 3.93. The van der Waals surface area contributed by atoms with Gasteiger partial charge in [-0.05, 0) is 89.3 Å². The fourth-order valence-corrected chi connectivity index (χ4v) is 7.93. The molecule has 10 nitrogen and oxygen atoms in total. The zero-order valence-corrected chi connectivity index (χ0v) is 29.7. The summed E-state index contributed by atoms with van der Waals surface area (Å²) < 4.78 is 21.3. The van der Waals surface area contributed by atoms with Gasteiger partial charge in [0.2, 0.25) is 5.91 Å². The molecule has 0 radical (unpaired) electrons. The number of piperazine rings is 1. The SMILES string of the molecule is Cc1c(F)ccc2cccc(N3CCc4c(nc(OCC5(CN6CCCC6)CC5)nc4N4CCN(C(=O)/C=C/CN(C)C)[C@@H](CC#N)C4)C3)c12. The maximum Gasteiger partial charge on any atom is 0.318 e. The Hall–Kier alpha value is -4.27. The molecule has 11 heteroatoms. The van der Waals surface area contributed by atoms with E-state index >= 15 is 0 Å². The van der Waals surface area contributed by atoms with Crippen LogP contribution in [-0.2, 0) is 17.8 Å². The summed E-state index contributed by atoms with van der Waals surface area (Å²) in [6.45, 7) is 9.39. The number of halogens is 1. The Bertz CT molecular complexity index is 1790. The molecule has 1 atom stereocenters. The maximum atomic E-state index is 14.8. The van der Waals surface area contributed by atoms with Crippen LogP contribution in [0.25, 0.3) is 10.8 Å². The van der Waals surface area contributed by atoms with Gasteiger partial charge in [-0.3, -0.25) is 4.79 Å². The van der Waals surface area contributed by atoms with Crippen LogP contribution in [0.15, 0.2) is 42.5 Å². The first-order chi connectivity index (χ1) is 24.2. The smallest absolute Gasteiger partial charge is 0.318 e. The zero-order chi connectivity index (χ0) is 34.8. The monoisotopic (exact) mass is 680 g/mol. The largest absolute Gasteiger partial charge is 0.463 e. The summed E-state index contributed by atoms with van der Waals surface area (Å²) in [6, 6.07) is 12.0. The van der Waals surface area contributed by atoms with Crippen molar-refractivity contribution in [3.05, 3.63) is 65.1 Å². The van der Waals surface area contributed by atoms with Crippen LogP contribution in [-0.4, -0.2) is 110 Å². The van der Waals surface area contributed by atoms with Gasteiger partial charge in [0.1, 0.15) is 11.6 Å². The van der Waals surface area contributed by atoms with Crippen LogP contribution >= 0.6 is 0 Å².